The lowest BCUT2D eigenvalue weighted by Crippen LogP contribution is -2.20. The molecule has 1 atom stereocenters. The summed E-state index contributed by atoms with van der Waals surface area (Å²) in [6.07, 6.45) is 0.316. The zero-order valence-electron chi connectivity index (χ0n) is 10.8. The molecule has 2 aromatic carbocycles. The van der Waals surface area contributed by atoms with Gasteiger partial charge >= 0.3 is 0 Å². The maximum Gasteiger partial charge on any atom is 0.128 e. The summed E-state index contributed by atoms with van der Waals surface area (Å²) in [7, 11) is 1.72. The molecular formula is C15H13BrClF2N. The van der Waals surface area contributed by atoms with Crippen LogP contribution in [0.1, 0.15) is 17.2 Å². The maximum absolute atomic E-state index is 13.9. The third-order valence-electron chi connectivity index (χ3n) is 3.11. The molecule has 0 heterocycles. The van der Waals surface area contributed by atoms with Crippen LogP contribution < -0.4 is 5.32 Å². The summed E-state index contributed by atoms with van der Waals surface area (Å²) in [6, 6.07) is 8.76. The van der Waals surface area contributed by atoms with Crippen molar-refractivity contribution in [3.8, 4) is 0 Å². The Balaban J connectivity index is 2.33. The highest BCUT2D eigenvalue weighted by atomic mass is 79.9. The van der Waals surface area contributed by atoms with Crippen LogP contribution >= 0.6 is 27.5 Å². The molecule has 0 amide bonds. The Morgan fingerprint density at radius 2 is 1.85 bits per heavy atom. The molecule has 20 heavy (non-hydrogen) atoms. The van der Waals surface area contributed by atoms with Gasteiger partial charge in [-0.3, -0.25) is 0 Å². The zero-order valence-corrected chi connectivity index (χ0v) is 13.1. The van der Waals surface area contributed by atoms with Crippen molar-refractivity contribution in [3.63, 3.8) is 0 Å². The van der Waals surface area contributed by atoms with Gasteiger partial charge in [0.05, 0.1) is 0 Å². The fraction of sp³-hybridized carbons (Fsp3) is 0.200. The van der Waals surface area contributed by atoms with E-state index in [1.807, 2.05) is 0 Å². The lowest BCUT2D eigenvalue weighted by atomic mass is 9.98. The topological polar surface area (TPSA) is 12.0 Å². The predicted molar refractivity (Wildman–Crippen MR) is 81.0 cm³/mol. The molecule has 0 aliphatic rings. The molecule has 0 radical (unpaired) electrons. The van der Waals surface area contributed by atoms with Crippen molar-refractivity contribution in [2.45, 2.75) is 12.5 Å². The normalized spacial score (nSPS) is 12.4. The molecule has 0 aliphatic heterocycles. The smallest absolute Gasteiger partial charge is 0.128 e. The predicted octanol–water partition coefficient (Wildman–Crippen LogP) is 4.88. The second-order valence-corrected chi connectivity index (χ2v) is 5.80. The van der Waals surface area contributed by atoms with E-state index in [4.69, 9.17) is 11.6 Å². The average molecular weight is 361 g/mol. The molecular weight excluding hydrogens is 348 g/mol. The third-order valence-corrected chi connectivity index (χ3v) is 3.84. The molecule has 0 saturated carbocycles. The highest BCUT2D eigenvalue weighted by Gasteiger charge is 2.17. The van der Waals surface area contributed by atoms with E-state index in [-0.39, 0.29) is 17.7 Å². The molecule has 1 nitrogen and oxygen atoms in total. The van der Waals surface area contributed by atoms with E-state index >= 15 is 0 Å². The standard InChI is InChI=1S/C15H13BrClF2N/c1-20-15(12-8-10(16)2-4-14(12)19)7-9-6-11(17)3-5-13(9)18/h2-6,8,15,20H,7H2,1H3. The highest BCUT2D eigenvalue weighted by Crippen LogP contribution is 2.26. The molecule has 1 N–H and O–H groups in total. The van der Waals surface area contributed by atoms with Crippen molar-refractivity contribution >= 4 is 27.5 Å². The van der Waals surface area contributed by atoms with Gasteiger partial charge in [-0.25, -0.2) is 8.78 Å². The third kappa shape index (κ3) is 3.57. The van der Waals surface area contributed by atoms with Crippen molar-refractivity contribution in [1.82, 2.24) is 5.32 Å². The summed E-state index contributed by atoms with van der Waals surface area (Å²) in [4.78, 5) is 0. The van der Waals surface area contributed by atoms with Crippen molar-refractivity contribution in [2.24, 2.45) is 0 Å². The Bertz CT molecular complexity index is 619. The van der Waals surface area contributed by atoms with E-state index in [0.717, 1.165) is 4.47 Å². The van der Waals surface area contributed by atoms with Crippen LogP contribution in [0.2, 0.25) is 5.02 Å². The highest BCUT2D eigenvalue weighted by molar-refractivity contribution is 9.10. The number of nitrogens with one attached hydrogen (secondary N) is 1. The Morgan fingerprint density at radius 1 is 1.15 bits per heavy atom. The summed E-state index contributed by atoms with van der Waals surface area (Å²) in [5.41, 5.74) is 0.942. The van der Waals surface area contributed by atoms with Crippen molar-refractivity contribution < 1.29 is 8.78 Å². The van der Waals surface area contributed by atoms with Crippen LogP contribution in [-0.4, -0.2) is 7.05 Å². The van der Waals surface area contributed by atoms with E-state index in [1.54, 1.807) is 25.2 Å². The molecule has 0 bridgehead atoms. The number of halogens is 4. The summed E-state index contributed by atoms with van der Waals surface area (Å²) in [6.45, 7) is 0. The second kappa shape index (κ2) is 6.66. The first kappa shape index (κ1) is 15.4. The molecule has 0 aliphatic carbocycles. The number of likely N-dealkylation sites (N-methyl/N-ethyl adjacent to an activating group) is 1. The molecule has 1 unspecified atom stereocenters. The van der Waals surface area contributed by atoms with Gasteiger partial charge in [0.2, 0.25) is 0 Å². The van der Waals surface area contributed by atoms with Gasteiger partial charge in [-0.05, 0) is 55.4 Å². The molecule has 0 fully saturated rings. The lowest BCUT2D eigenvalue weighted by Gasteiger charge is -2.18. The minimum atomic E-state index is -0.343. The second-order valence-electron chi connectivity index (χ2n) is 4.45. The van der Waals surface area contributed by atoms with Crippen LogP contribution in [0.5, 0.6) is 0 Å². The van der Waals surface area contributed by atoms with Crippen molar-refractivity contribution in [2.75, 3.05) is 7.05 Å². The molecule has 0 spiro atoms. The van der Waals surface area contributed by atoms with E-state index in [1.165, 1.54) is 18.2 Å². The summed E-state index contributed by atoms with van der Waals surface area (Å²) >= 11 is 9.19. The summed E-state index contributed by atoms with van der Waals surface area (Å²) < 4.78 is 28.5. The fourth-order valence-electron chi connectivity index (χ4n) is 2.07. The van der Waals surface area contributed by atoms with Crippen LogP contribution in [-0.2, 0) is 6.42 Å². The van der Waals surface area contributed by atoms with Gasteiger partial charge in [-0.1, -0.05) is 27.5 Å². The van der Waals surface area contributed by atoms with Crippen LogP contribution in [0.15, 0.2) is 40.9 Å². The van der Waals surface area contributed by atoms with Crippen molar-refractivity contribution in [3.05, 3.63) is 68.7 Å². The Kier molecular flexibility index (Phi) is 5.13. The lowest BCUT2D eigenvalue weighted by molar-refractivity contribution is 0.519. The summed E-state index contributed by atoms with van der Waals surface area (Å²) in [5, 5.41) is 3.47. The van der Waals surface area contributed by atoms with Gasteiger partial charge in [-0.2, -0.15) is 0 Å². The van der Waals surface area contributed by atoms with Gasteiger partial charge in [0, 0.05) is 21.1 Å². The molecule has 106 valence electrons. The average Bonchev–Trinajstić information content (AvgIpc) is 2.42. The first-order valence-electron chi connectivity index (χ1n) is 6.07. The van der Waals surface area contributed by atoms with Crippen LogP contribution in [0.4, 0.5) is 8.78 Å². The van der Waals surface area contributed by atoms with Gasteiger partial charge < -0.3 is 5.32 Å². The van der Waals surface area contributed by atoms with Gasteiger partial charge in [-0.15, -0.1) is 0 Å². The molecule has 0 aromatic heterocycles. The first-order valence-corrected chi connectivity index (χ1v) is 7.24. The van der Waals surface area contributed by atoms with Gasteiger partial charge in [0.1, 0.15) is 11.6 Å². The van der Waals surface area contributed by atoms with E-state index in [9.17, 15) is 8.78 Å². The Hall–Kier alpha value is -0.970. The molecule has 5 heteroatoms. The first-order chi connectivity index (χ1) is 9.51. The van der Waals surface area contributed by atoms with E-state index < -0.39 is 0 Å². The van der Waals surface area contributed by atoms with E-state index in [2.05, 4.69) is 21.2 Å². The molecule has 0 saturated heterocycles. The van der Waals surface area contributed by atoms with Gasteiger partial charge in [0.15, 0.2) is 0 Å². The van der Waals surface area contributed by atoms with Crippen molar-refractivity contribution in [1.29, 1.82) is 0 Å². The zero-order chi connectivity index (χ0) is 14.7. The Labute approximate surface area is 130 Å². The van der Waals surface area contributed by atoms with E-state index in [0.29, 0.717) is 22.6 Å². The maximum atomic E-state index is 13.9. The van der Waals surface area contributed by atoms with Crippen LogP contribution in [0.25, 0.3) is 0 Å². The molecule has 2 aromatic rings. The number of rotatable bonds is 4. The number of benzene rings is 2. The monoisotopic (exact) mass is 359 g/mol. The van der Waals surface area contributed by atoms with Crippen LogP contribution in [0, 0.1) is 11.6 Å². The largest absolute Gasteiger partial charge is 0.313 e. The van der Waals surface area contributed by atoms with Gasteiger partial charge in [0.25, 0.3) is 0 Å². The van der Waals surface area contributed by atoms with Crippen LogP contribution in [0.3, 0.4) is 0 Å². The minimum Gasteiger partial charge on any atom is -0.313 e. The Morgan fingerprint density at radius 3 is 2.55 bits per heavy atom. The number of hydrogen-bond acceptors (Lipinski definition) is 1. The SMILES string of the molecule is CNC(Cc1cc(Cl)ccc1F)c1cc(Br)ccc1F. The molecule has 2 rings (SSSR count). The fourth-order valence-corrected chi connectivity index (χ4v) is 2.64. The number of hydrogen-bond donors (Lipinski definition) is 1. The quantitative estimate of drug-likeness (QED) is 0.819. The summed E-state index contributed by atoms with van der Waals surface area (Å²) in [5.74, 6) is -0.667. The minimum absolute atomic E-state index is 0.316.